The zero-order chi connectivity index (χ0) is 18.6. The van der Waals surface area contributed by atoms with Crippen molar-refractivity contribution in [1.82, 2.24) is 10.2 Å². The summed E-state index contributed by atoms with van der Waals surface area (Å²) < 4.78 is 5.19. The maximum Gasteiger partial charge on any atom is 0.408 e. The van der Waals surface area contributed by atoms with Crippen LogP contribution < -0.4 is 10.2 Å². The number of rotatable bonds is 3. The molecule has 0 aromatic heterocycles. The smallest absolute Gasteiger partial charge is 0.408 e. The standard InChI is InChI=1S/C18H26ClN3O3/c1-13(20-17(24)25-18(2,3)4)16(23)22-10-8-21(9-11-22)15-7-5-6-14(19)12-15/h5-7,12-13H,8-11H2,1-4H3,(H,20,24). The maximum absolute atomic E-state index is 12.5. The van der Waals surface area contributed by atoms with E-state index in [1.807, 2.05) is 24.3 Å². The van der Waals surface area contributed by atoms with Gasteiger partial charge >= 0.3 is 6.09 Å². The number of alkyl carbamates (subject to hydrolysis) is 1. The summed E-state index contributed by atoms with van der Waals surface area (Å²) in [7, 11) is 0. The summed E-state index contributed by atoms with van der Waals surface area (Å²) in [5.74, 6) is -0.100. The second-order valence-electron chi connectivity index (χ2n) is 7.16. The fraction of sp³-hybridized carbons (Fsp3) is 0.556. The Morgan fingerprint density at radius 2 is 1.84 bits per heavy atom. The Kier molecular flexibility index (Phi) is 6.16. The molecule has 1 fully saturated rings. The van der Waals surface area contributed by atoms with E-state index in [1.54, 1.807) is 32.6 Å². The van der Waals surface area contributed by atoms with E-state index in [4.69, 9.17) is 16.3 Å². The van der Waals surface area contributed by atoms with Gasteiger partial charge in [-0.3, -0.25) is 4.79 Å². The Labute approximate surface area is 154 Å². The molecule has 1 atom stereocenters. The highest BCUT2D eigenvalue weighted by atomic mass is 35.5. The van der Waals surface area contributed by atoms with E-state index in [0.717, 1.165) is 18.8 Å². The second-order valence-corrected chi connectivity index (χ2v) is 7.60. The molecule has 1 aliphatic rings. The molecule has 0 radical (unpaired) electrons. The van der Waals surface area contributed by atoms with E-state index in [2.05, 4.69) is 10.2 Å². The van der Waals surface area contributed by atoms with Gasteiger partial charge in [0.25, 0.3) is 0 Å². The average molecular weight is 368 g/mol. The van der Waals surface area contributed by atoms with E-state index >= 15 is 0 Å². The van der Waals surface area contributed by atoms with Crippen LogP contribution in [0.15, 0.2) is 24.3 Å². The van der Waals surface area contributed by atoms with Gasteiger partial charge in [0.15, 0.2) is 0 Å². The summed E-state index contributed by atoms with van der Waals surface area (Å²) in [4.78, 5) is 28.3. The normalized spacial score (nSPS) is 16.4. The number of piperazine rings is 1. The van der Waals surface area contributed by atoms with Crippen molar-refractivity contribution in [1.29, 1.82) is 0 Å². The summed E-state index contributed by atoms with van der Waals surface area (Å²) >= 11 is 6.04. The number of benzene rings is 1. The molecule has 1 aromatic rings. The molecular weight excluding hydrogens is 342 g/mol. The molecule has 1 N–H and O–H groups in total. The molecule has 1 unspecified atom stereocenters. The predicted octanol–water partition coefficient (Wildman–Crippen LogP) is 2.90. The molecule has 7 heteroatoms. The van der Waals surface area contributed by atoms with Gasteiger partial charge in [-0.2, -0.15) is 0 Å². The number of carbonyl (C=O) groups excluding carboxylic acids is 2. The van der Waals surface area contributed by atoms with Crippen LogP contribution in [-0.2, 0) is 9.53 Å². The number of ether oxygens (including phenoxy) is 1. The number of carbonyl (C=O) groups is 2. The maximum atomic E-state index is 12.5. The van der Waals surface area contributed by atoms with Crippen LogP contribution >= 0.6 is 11.6 Å². The highest BCUT2D eigenvalue weighted by Crippen LogP contribution is 2.21. The van der Waals surface area contributed by atoms with E-state index < -0.39 is 17.7 Å². The zero-order valence-corrected chi connectivity index (χ0v) is 16.0. The lowest BCUT2D eigenvalue weighted by atomic mass is 10.2. The molecule has 1 aromatic carbocycles. The van der Waals surface area contributed by atoms with Crippen LogP contribution in [0.2, 0.25) is 5.02 Å². The van der Waals surface area contributed by atoms with Gasteiger partial charge in [0, 0.05) is 36.9 Å². The number of anilines is 1. The zero-order valence-electron chi connectivity index (χ0n) is 15.2. The van der Waals surface area contributed by atoms with Crippen LogP contribution in [0.4, 0.5) is 10.5 Å². The predicted molar refractivity (Wildman–Crippen MR) is 99.1 cm³/mol. The highest BCUT2D eigenvalue weighted by molar-refractivity contribution is 6.30. The molecule has 1 heterocycles. The topological polar surface area (TPSA) is 61.9 Å². The van der Waals surface area contributed by atoms with Crippen molar-refractivity contribution >= 4 is 29.3 Å². The third-order valence-corrected chi connectivity index (χ3v) is 4.10. The van der Waals surface area contributed by atoms with Crippen molar-refractivity contribution in [3.63, 3.8) is 0 Å². The molecule has 138 valence electrons. The van der Waals surface area contributed by atoms with E-state index in [9.17, 15) is 9.59 Å². The molecule has 0 saturated carbocycles. The first-order valence-corrected chi connectivity index (χ1v) is 8.82. The molecule has 0 aliphatic carbocycles. The van der Waals surface area contributed by atoms with Crippen LogP contribution in [0.3, 0.4) is 0 Å². The van der Waals surface area contributed by atoms with Crippen molar-refractivity contribution in [3.05, 3.63) is 29.3 Å². The van der Waals surface area contributed by atoms with Gasteiger partial charge in [-0.15, -0.1) is 0 Å². The Hall–Kier alpha value is -1.95. The largest absolute Gasteiger partial charge is 0.444 e. The molecule has 2 rings (SSSR count). The number of nitrogens with zero attached hydrogens (tertiary/aromatic N) is 2. The first-order valence-electron chi connectivity index (χ1n) is 8.44. The Morgan fingerprint density at radius 3 is 2.40 bits per heavy atom. The molecular formula is C18H26ClN3O3. The minimum Gasteiger partial charge on any atom is -0.444 e. The van der Waals surface area contributed by atoms with Crippen molar-refractivity contribution < 1.29 is 14.3 Å². The van der Waals surface area contributed by atoms with Gasteiger partial charge in [-0.05, 0) is 45.9 Å². The van der Waals surface area contributed by atoms with Crippen molar-refractivity contribution in [2.45, 2.75) is 39.3 Å². The third-order valence-electron chi connectivity index (χ3n) is 3.87. The van der Waals surface area contributed by atoms with E-state index in [-0.39, 0.29) is 5.91 Å². The van der Waals surface area contributed by atoms with Crippen LogP contribution in [0.25, 0.3) is 0 Å². The third kappa shape index (κ3) is 5.81. The lowest BCUT2D eigenvalue weighted by Gasteiger charge is -2.37. The molecule has 6 nitrogen and oxygen atoms in total. The van der Waals surface area contributed by atoms with Crippen molar-refractivity contribution in [2.75, 3.05) is 31.1 Å². The average Bonchev–Trinajstić information content (AvgIpc) is 2.52. The van der Waals surface area contributed by atoms with Gasteiger partial charge in [-0.25, -0.2) is 4.79 Å². The van der Waals surface area contributed by atoms with Gasteiger partial charge < -0.3 is 19.9 Å². The molecule has 0 spiro atoms. The molecule has 1 saturated heterocycles. The van der Waals surface area contributed by atoms with Crippen LogP contribution in [0.5, 0.6) is 0 Å². The number of amides is 2. The number of hydrogen-bond donors (Lipinski definition) is 1. The number of nitrogens with one attached hydrogen (secondary N) is 1. The minimum absolute atomic E-state index is 0.100. The Bertz CT molecular complexity index is 622. The minimum atomic E-state index is -0.618. The Balaban J connectivity index is 1.85. The fourth-order valence-corrected chi connectivity index (χ4v) is 2.86. The van der Waals surface area contributed by atoms with Gasteiger partial charge in [0.05, 0.1) is 0 Å². The summed E-state index contributed by atoms with van der Waals surface area (Å²) in [5, 5.41) is 3.30. The molecule has 1 aliphatic heterocycles. The highest BCUT2D eigenvalue weighted by Gasteiger charge is 2.27. The molecule has 25 heavy (non-hydrogen) atoms. The summed E-state index contributed by atoms with van der Waals surface area (Å²) in [5.41, 5.74) is 0.467. The molecule has 0 bridgehead atoms. The number of halogens is 1. The Morgan fingerprint density at radius 1 is 1.20 bits per heavy atom. The van der Waals surface area contributed by atoms with E-state index in [1.165, 1.54) is 0 Å². The summed E-state index contributed by atoms with van der Waals surface area (Å²) in [6, 6.07) is 7.08. The fourth-order valence-electron chi connectivity index (χ4n) is 2.68. The van der Waals surface area contributed by atoms with Gasteiger partial charge in [0.1, 0.15) is 11.6 Å². The lowest BCUT2D eigenvalue weighted by Crippen LogP contribution is -2.54. The lowest BCUT2D eigenvalue weighted by molar-refractivity contribution is -0.133. The number of hydrogen-bond acceptors (Lipinski definition) is 4. The van der Waals surface area contributed by atoms with Gasteiger partial charge in [-0.1, -0.05) is 17.7 Å². The SMILES string of the molecule is CC(NC(=O)OC(C)(C)C)C(=O)N1CCN(c2cccc(Cl)c2)CC1. The van der Waals surface area contributed by atoms with Crippen LogP contribution in [0.1, 0.15) is 27.7 Å². The van der Waals surface area contributed by atoms with Gasteiger partial charge in [0.2, 0.25) is 5.91 Å². The monoisotopic (exact) mass is 367 g/mol. The van der Waals surface area contributed by atoms with Crippen LogP contribution in [-0.4, -0.2) is 54.7 Å². The first-order chi connectivity index (χ1) is 11.7. The van der Waals surface area contributed by atoms with Crippen molar-refractivity contribution in [3.8, 4) is 0 Å². The van der Waals surface area contributed by atoms with Crippen molar-refractivity contribution in [2.24, 2.45) is 0 Å². The van der Waals surface area contributed by atoms with Crippen LogP contribution in [0, 0.1) is 0 Å². The van der Waals surface area contributed by atoms with E-state index in [0.29, 0.717) is 18.1 Å². The summed E-state index contributed by atoms with van der Waals surface area (Å²) in [6.07, 6.45) is -0.578. The molecule has 2 amide bonds. The summed E-state index contributed by atoms with van der Waals surface area (Å²) in [6.45, 7) is 9.69. The second kappa shape index (κ2) is 7.95. The first kappa shape index (κ1) is 19.4. The quantitative estimate of drug-likeness (QED) is 0.892.